The van der Waals surface area contributed by atoms with Gasteiger partial charge in [-0.3, -0.25) is 14.5 Å². The molecule has 2 amide bonds. The lowest BCUT2D eigenvalue weighted by atomic mass is 10.0. The Hall–Kier alpha value is -2.47. The molecule has 0 radical (unpaired) electrons. The number of imide groups is 1. The first kappa shape index (κ1) is 21.2. The zero-order chi connectivity index (χ0) is 21.3. The van der Waals surface area contributed by atoms with Crippen LogP contribution in [-0.4, -0.2) is 33.8 Å². The third kappa shape index (κ3) is 4.42. The number of hydrogen-bond donors (Lipinski definition) is 0. The molecular formula is C23H28N2O3S. The fourth-order valence-electron chi connectivity index (χ4n) is 3.36. The molecule has 154 valence electrons. The molecule has 1 fully saturated rings. The Morgan fingerprint density at radius 2 is 1.86 bits per heavy atom. The van der Waals surface area contributed by atoms with Gasteiger partial charge in [-0.05, 0) is 73.4 Å². The minimum absolute atomic E-state index is 0.236. The summed E-state index contributed by atoms with van der Waals surface area (Å²) < 4.78 is 8.02. The summed E-state index contributed by atoms with van der Waals surface area (Å²) in [6.07, 6.45) is 1.81. The molecule has 0 bridgehead atoms. The van der Waals surface area contributed by atoms with E-state index in [4.69, 9.17) is 4.74 Å². The molecule has 6 heteroatoms. The molecule has 1 aromatic carbocycles. The number of nitrogens with zero attached hydrogens (tertiary/aromatic N) is 2. The number of carbonyl (C=O) groups excluding carboxylic acids is 2. The van der Waals surface area contributed by atoms with Gasteiger partial charge < -0.3 is 9.30 Å². The second-order valence-electron chi connectivity index (χ2n) is 7.76. The molecular weight excluding hydrogens is 384 g/mol. The molecule has 1 aliphatic rings. The Labute approximate surface area is 176 Å². The van der Waals surface area contributed by atoms with Gasteiger partial charge in [0.05, 0.1) is 11.4 Å². The number of aryl methyl sites for hydroxylation is 2. The highest BCUT2D eigenvalue weighted by Crippen LogP contribution is 2.33. The summed E-state index contributed by atoms with van der Waals surface area (Å²) in [6, 6.07) is 8.17. The zero-order valence-electron chi connectivity index (χ0n) is 17.9. The van der Waals surface area contributed by atoms with Gasteiger partial charge in [0.2, 0.25) is 0 Å². The standard InChI is InChI=1S/C23H28N2O3S/c1-14(2)19-8-7-15(3)11-20(19)28-10-9-25-22(26)21(29-23(25)27)13-18-12-16(4)24(6)17(18)5/h7-8,11-14H,9-10H2,1-6H3/b21-13-. The van der Waals surface area contributed by atoms with Crippen LogP contribution in [0.1, 0.15) is 47.8 Å². The Morgan fingerprint density at radius 1 is 1.14 bits per heavy atom. The van der Waals surface area contributed by atoms with Gasteiger partial charge in [-0.25, -0.2) is 0 Å². The van der Waals surface area contributed by atoms with E-state index in [1.807, 2.05) is 46.0 Å². The molecule has 3 rings (SSSR count). The molecule has 0 atom stereocenters. The molecule has 29 heavy (non-hydrogen) atoms. The molecule has 0 unspecified atom stereocenters. The first-order chi connectivity index (χ1) is 13.7. The first-order valence-electron chi connectivity index (χ1n) is 9.80. The van der Waals surface area contributed by atoms with Crippen molar-refractivity contribution < 1.29 is 14.3 Å². The van der Waals surface area contributed by atoms with Crippen LogP contribution in [0, 0.1) is 20.8 Å². The van der Waals surface area contributed by atoms with Crippen molar-refractivity contribution in [3.05, 3.63) is 57.2 Å². The van der Waals surface area contributed by atoms with E-state index in [-0.39, 0.29) is 24.3 Å². The molecule has 0 aliphatic carbocycles. The van der Waals surface area contributed by atoms with Crippen LogP contribution in [0.5, 0.6) is 5.75 Å². The quantitative estimate of drug-likeness (QED) is 0.613. The Kier molecular flexibility index (Phi) is 6.22. The van der Waals surface area contributed by atoms with E-state index in [9.17, 15) is 9.59 Å². The smallest absolute Gasteiger partial charge is 0.293 e. The monoisotopic (exact) mass is 412 g/mol. The van der Waals surface area contributed by atoms with Crippen molar-refractivity contribution >= 4 is 29.0 Å². The molecule has 0 spiro atoms. The highest BCUT2D eigenvalue weighted by molar-refractivity contribution is 8.18. The topological polar surface area (TPSA) is 51.5 Å². The summed E-state index contributed by atoms with van der Waals surface area (Å²) in [7, 11) is 1.99. The molecule has 1 aliphatic heterocycles. The summed E-state index contributed by atoms with van der Waals surface area (Å²) in [4.78, 5) is 26.9. The summed E-state index contributed by atoms with van der Waals surface area (Å²) in [6.45, 7) is 10.8. The average Bonchev–Trinajstić information content (AvgIpc) is 3.06. The number of benzene rings is 1. The van der Waals surface area contributed by atoms with E-state index in [1.54, 1.807) is 0 Å². The van der Waals surface area contributed by atoms with Crippen molar-refractivity contribution in [2.45, 2.75) is 40.5 Å². The van der Waals surface area contributed by atoms with E-state index in [0.717, 1.165) is 45.6 Å². The number of hydrogen-bond acceptors (Lipinski definition) is 4. The SMILES string of the molecule is Cc1ccc(C(C)C)c(OCCN2C(=O)S/C(=C\c3cc(C)n(C)c3C)C2=O)c1. The minimum atomic E-state index is -0.252. The molecule has 2 heterocycles. The van der Waals surface area contributed by atoms with E-state index < -0.39 is 0 Å². The average molecular weight is 413 g/mol. The molecule has 1 saturated heterocycles. The highest BCUT2D eigenvalue weighted by atomic mass is 32.2. The third-order valence-electron chi connectivity index (χ3n) is 5.34. The molecule has 1 aromatic heterocycles. The maximum Gasteiger partial charge on any atom is 0.293 e. The van der Waals surface area contributed by atoms with Crippen LogP contribution >= 0.6 is 11.8 Å². The number of carbonyl (C=O) groups is 2. The van der Waals surface area contributed by atoms with Crippen LogP contribution in [0.15, 0.2) is 29.2 Å². The van der Waals surface area contributed by atoms with Gasteiger partial charge in [0.25, 0.3) is 11.1 Å². The van der Waals surface area contributed by atoms with E-state index >= 15 is 0 Å². The lowest BCUT2D eigenvalue weighted by Crippen LogP contribution is -2.32. The van der Waals surface area contributed by atoms with Crippen molar-refractivity contribution in [1.82, 2.24) is 9.47 Å². The summed E-state index contributed by atoms with van der Waals surface area (Å²) in [5, 5.41) is -0.247. The molecule has 0 N–H and O–H groups in total. The number of aromatic nitrogens is 1. The fourth-order valence-corrected chi connectivity index (χ4v) is 4.21. The molecule has 5 nitrogen and oxygen atoms in total. The van der Waals surface area contributed by atoms with E-state index in [2.05, 4.69) is 30.5 Å². The number of thioether (sulfide) groups is 1. The van der Waals surface area contributed by atoms with Crippen molar-refractivity contribution in [2.75, 3.05) is 13.2 Å². The lowest BCUT2D eigenvalue weighted by molar-refractivity contribution is -0.123. The highest BCUT2D eigenvalue weighted by Gasteiger charge is 2.35. The van der Waals surface area contributed by atoms with Crippen molar-refractivity contribution in [3.8, 4) is 5.75 Å². The predicted octanol–water partition coefficient (Wildman–Crippen LogP) is 5.19. The molecule has 2 aromatic rings. The second-order valence-corrected chi connectivity index (χ2v) is 8.76. The van der Waals surface area contributed by atoms with Gasteiger partial charge in [-0.15, -0.1) is 0 Å². The fraction of sp³-hybridized carbons (Fsp3) is 0.391. The van der Waals surface area contributed by atoms with Crippen molar-refractivity contribution in [3.63, 3.8) is 0 Å². The third-order valence-corrected chi connectivity index (χ3v) is 6.25. The maximum atomic E-state index is 12.7. The second kappa shape index (κ2) is 8.49. The Morgan fingerprint density at radius 3 is 2.48 bits per heavy atom. The van der Waals surface area contributed by atoms with Crippen molar-refractivity contribution in [2.24, 2.45) is 7.05 Å². The van der Waals surface area contributed by atoms with Crippen LogP contribution in [0.4, 0.5) is 4.79 Å². The van der Waals surface area contributed by atoms with Crippen LogP contribution in [0.3, 0.4) is 0 Å². The molecule has 0 saturated carbocycles. The Balaban J connectivity index is 1.69. The van der Waals surface area contributed by atoms with Gasteiger partial charge >= 0.3 is 0 Å². The van der Waals surface area contributed by atoms with Gasteiger partial charge in [0, 0.05) is 18.4 Å². The van der Waals surface area contributed by atoms with E-state index in [1.165, 1.54) is 4.90 Å². The van der Waals surface area contributed by atoms with Gasteiger partial charge in [-0.1, -0.05) is 26.0 Å². The van der Waals surface area contributed by atoms with Gasteiger partial charge in [0.15, 0.2) is 0 Å². The number of ether oxygens (including phenoxy) is 1. The zero-order valence-corrected chi connectivity index (χ0v) is 18.7. The van der Waals surface area contributed by atoms with Crippen LogP contribution in [-0.2, 0) is 11.8 Å². The first-order valence-corrected chi connectivity index (χ1v) is 10.6. The van der Waals surface area contributed by atoms with Crippen molar-refractivity contribution in [1.29, 1.82) is 0 Å². The van der Waals surface area contributed by atoms with Gasteiger partial charge in [0.1, 0.15) is 12.4 Å². The van der Waals surface area contributed by atoms with Crippen LogP contribution in [0.25, 0.3) is 6.08 Å². The van der Waals surface area contributed by atoms with Crippen LogP contribution < -0.4 is 4.74 Å². The number of amides is 2. The summed E-state index contributed by atoms with van der Waals surface area (Å²) in [5.74, 6) is 0.902. The normalized spacial score (nSPS) is 15.8. The summed E-state index contributed by atoms with van der Waals surface area (Å²) in [5.41, 5.74) is 5.39. The minimum Gasteiger partial charge on any atom is -0.491 e. The van der Waals surface area contributed by atoms with E-state index in [0.29, 0.717) is 10.8 Å². The summed E-state index contributed by atoms with van der Waals surface area (Å²) >= 11 is 0.991. The number of rotatable bonds is 6. The Bertz CT molecular complexity index is 988. The maximum absolute atomic E-state index is 12.7. The predicted molar refractivity (Wildman–Crippen MR) is 118 cm³/mol. The lowest BCUT2D eigenvalue weighted by Gasteiger charge is -2.17. The van der Waals surface area contributed by atoms with Crippen LogP contribution in [0.2, 0.25) is 0 Å². The van der Waals surface area contributed by atoms with Gasteiger partial charge in [-0.2, -0.15) is 0 Å². The largest absolute Gasteiger partial charge is 0.491 e.